The maximum Gasteiger partial charge on any atom is 0.319 e. The van der Waals surface area contributed by atoms with Crippen molar-refractivity contribution in [3.8, 4) is 0 Å². The minimum Gasteiger partial charge on any atom is -0.468 e. The van der Waals surface area contributed by atoms with Crippen molar-refractivity contribution in [2.24, 2.45) is 46.3 Å². The Labute approximate surface area is 290 Å². The minimum absolute atomic E-state index is 0.0839. The fourth-order valence-corrected chi connectivity index (χ4v) is 11.3. The summed E-state index contributed by atoms with van der Waals surface area (Å²) in [5.41, 5.74) is 2.61. The fraction of sp³-hybridized carbons (Fsp3) is 0.825. The van der Waals surface area contributed by atoms with Gasteiger partial charge in [-0.25, -0.2) is 0 Å². The number of hydrogen-bond donors (Lipinski definition) is 3. The monoisotopic (exact) mass is 667 g/mol. The van der Waals surface area contributed by atoms with Crippen molar-refractivity contribution >= 4 is 17.8 Å². The highest BCUT2D eigenvalue weighted by atomic mass is 16.5. The lowest BCUT2D eigenvalue weighted by atomic mass is 9.53. The van der Waals surface area contributed by atoms with Crippen molar-refractivity contribution in [2.45, 2.75) is 149 Å². The largest absolute Gasteiger partial charge is 0.468 e. The normalized spacial score (nSPS) is 40.6. The molecule has 0 bridgehead atoms. The fourth-order valence-electron chi connectivity index (χ4n) is 11.3. The van der Waals surface area contributed by atoms with Crippen molar-refractivity contribution < 1.29 is 24.2 Å². The number of piperidine rings is 1. The van der Waals surface area contributed by atoms with Crippen molar-refractivity contribution in [3.05, 3.63) is 24.3 Å². The molecule has 4 saturated carbocycles. The summed E-state index contributed by atoms with van der Waals surface area (Å²) >= 11 is 0. The molecule has 10 unspecified atom stereocenters. The van der Waals surface area contributed by atoms with Gasteiger partial charge in [-0.1, -0.05) is 65.8 Å². The molecule has 4 aliphatic carbocycles. The number of aliphatic hydroxyl groups is 1. The Balaban J connectivity index is 1.44. The average molecular weight is 668 g/mol. The SMILES string of the molecule is C=C1CCCC2(C)CCC(C(C)C)C(NC(=O)C3CC(O)CC(C(=O)NC4C(C(C)C)CCC5(C)CCCC(=C)C45)N3CC(=O)OC)C12. The summed E-state index contributed by atoms with van der Waals surface area (Å²) in [6.45, 7) is 22.5. The third-order valence-corrected chi connectivity index (χ3v) is 13.9. The first kappa shape index (κ1) is 37.1. The molecule has 1 saturated heterocycles. The number of carbonyl (C=O) groups is 3. The third kappa shape index (κ3) is 7.17. The molecule has 5 fully saturated rings. The number of rotatable bonds is 8. The lowest BCUT2D eigenvalue weighted by molar-refractivity contribution is -0.151. The number of esters is 1. The summed E-state index contributed by atoms with van der Waals surface area (Å²) < 4.78 is 5.10. The van der Waals surface area contributed by atoms with Gasteiger partial charge in [0.2, 0.25) is 11.8 Å². The molecular weight excluding hydrogens is 602 g/mol. The van der Waals surface area contributed by atoms with Crippen LogP contribution in [0.1, 0.15) is 119 Å². The highest BCUT2D eigenvalue weighted by Crippen LogP contribution is 2.56. The lowest BCUT2D eigenvalue weighted by Gasteiger charge is -2.55. The van der Waals surface area contributed by atoms with Crippen LogP contribution in [0.3, 0.4) is 0 Å². The topological polar surface area (TPSA) is 108 Å². The van der Waals surface area contributed by atoms with Gasteiger partial charge in [0.1, 0.15) is 0 Å². The van der Waals surface area contributed by atoms with E-state index >= 15 is 0 Å². The van der Waals surface area contributed by atoms with Crippen molar-refractivity contribution in [3.63, 3.8) is 0 Å². The number of hydrogen-bond acceptors (Lipinski definition) is 6. The van der Waals surface area contributed by atoms with E-state index in [9.17, 15) is 19.5 Å². The standard InChI is InChI=1S/C40H65N3O5/c1-23(2)28-14-18-39(7)16-10-12-25(5)33(39)35(28)41-37(46)30-20-27(44)21-31(43(30)22-32(45)48-9)38(47)42-36-29(24(3)4)15-19-40(8)17-11-13-26(6)34(36)40/h23-24,27-31,33-36,44H,5-6,10-22H2,1-4,7-9H3,(H,41,46)(H,42,47). The molecule has 1 heterocycles. The lowest BCUT2D eigenvalue weighted by Crippen LogP contribution is -2.66. The highest BCUT2D eigenvalue weighted by Gasteiger charge is 2.53. The van der Waals surface area contributed by atoms with Crippen LogP contribution < -0.4 is 10.6 Å². The van der Waals surface area contributed by atoms with E-state index < -0.39 is 24.2 Å². The second-order valence-corrected chi connectivity index (χ2v) is 17.7. The molecule has 0 aromatic heterocycles. The number of ether oxygens (including phenoxy) is 1. The average Bonchev–Trinajstić information content (AvgIpc) is 3.00. The van der Waals surface area contributed by atoms with Gasteiger partial charge in [-0.15, -0.1) is 0 Å². The van der Waals surface area contributed by atoms with Gasteiger partial charge in [-0.05, 0) is 112 Å². The molecule has 1 aliphatic heterocycles. The van der Waals surface area contributed by atoms with Crippen molar-refractivity contribution in [1.29, 1.82) is 0 Å². The molecule has 3 N–H and O–H groups in total. The zero-order valence-electron chi connectivity index (χ0n) is 31.0. The number of carbonyl (C=O) groups excluding carboxylic acids is 3. The van der Waals surface area contributed by atoms with Gasteiger partial charge in [0, 0.05) is 23.9 Å². The van der Waals surface area contributed by atoms with E-state index in [0.29, 0.717) is 23.7 Å². The summed E-state index contributed by atoms with van der Waals surface area (Å²) in [5.74, 6) is 0.742. The van der Waals surface area contributed by atoms with Crippen molar-refractivity contribution in [2.75, 3.05) is 13.7 Å². The van der Waals surface area contributed by atoms with Gasteiger partial charge in [0.05, 0.1) is 31.8 Å². The first-order valence-corrected chi connectivity index (χ1v) is 19.1. The van der Waals surface area contributed by atoms with E-state index in [2.05, 4.69) is 65.3 Å². The number of amides is 2. The number of nitrogens with zero attached hydrogens (tertiary/aromatic N) is 1. The summed E-state index contributed by atoms with van der Waals surface area (Å²) in [5, 5.41) is 18.2. The first-order chi connectivity index (χ1) is 22.6. The molecule has 270 valence electrons. The van der Waals surface area contributed by atoms with Crippen LogP contribution >= 0.6 is 0 Å². The smallest absolute Gasteiger partial charge is 0.319 e. The quantitative estimate of drug-likeness (QED) is 0.211. The summed E-state index contributed by atoms with van der Waals surface area (Å²) in [6, 6.07) is -1.86. The van der Waals surface area contributed by atoms with Gasteiger partial charge in [0.25, 0.3) is 0 Å². The number of fused-ring (bicyclic) bond motifs is 2. The molecule has 48 heavy (non-hydrogen) atoms. The molecule has 2 amide bonds. The van der Waals surface area contributed by atoms with Crippen LogP contribution in [-0.2, 0) is 19.1 Å². The van der Waals surface area contributed by atoms with Crippen LogP contribution in [0.4, 0.5) is 0 Å². The molecule has 8 heteroatoms. The number of nitrogens with one attached hydrogen (secondary N) is 2. The minimum atomic E-state index is -0.852. The van der Waals surface area contributed by atoms with E-state index in [0.717, 1.165) is 64.2 Å². The number of aliphatic hydroxyl groups excluding tert-OH is 1. The predicted molar refractivity (Wildman–Crippen MR) is 190 cm³/mol. The molecule has 0 radical (unpaired) electrons. The second-order valence-electron chi connectivity index (χ2n) is 17.7. The van der Waals surface area contributed by atoms with E-state index in [1.165, 1.54) is 18.3 Å². The predicted octanol–water partition coefficient (Wildman–Crippen LogP) is 6.18. The molecular formula is C40H65N3O5. The molecule has 5 rings (SSSR count). The van der Waals surface area contributed by atoms with Crippen LogP contribution in [-0.4, -0.2) is 71.7 Å². The highest BCUT2D eigenvalue weighted by molar-refractivity contribution is 5.87. The molecule has 10 atom stereocenters. The third-order valence-electron chi connectivity index (χ3n) is 13.9. The van der Waals surface area contributed by atoms with Crippen molar-refractivity contribution in [1.82, 2.24) is 15.5 Å². The Morgan fingerprint density at radius 2 is 1.23 bits per heavy atom. The molecule has 5 aliphatic rings. The molecule has 0 spiro atoms. The number of likely N-dealkylation sites (tertiary alicyclic amines) is 1. The maximum absolute atomic E-state index is 14.5. The summed E-state index contributed by atoms with van der Waals surface area (Å²) in [6.07, 6.45) is 10.2. The first-order valence-electron chi connectivity index (χ1n) is 19.1. The Hall–Kier alpha value is -2.19. The Kier molecular flexibility index (Phi) is 11.3. The molecule has 0 aromatic carbocycles. The zero-order chi connectivity index (χ0) is 35.1. The van der Waals surface area contributed by atoms with E-state index in [1.807, 2.05) is 0 Å². The van der Waals surface area contributed by atoms with Crippen LogP contribution in [0.5, 0.6) is 0 Å². The van der Waals surface area contributed by atoms with Crippen LogP contribution in [0, 0.1) is 46.3 Å². The Morgan fingerprint density at radius 1 is 0.812 bits per heavy atom. The summed E-state index contributed by atoms with van der Waals surface area (Å²) in [4.78, 5) is 43.7. The van der Waals surface area contributed by atoms with Gasteiger partial charge in [-0.2, -0.15) is 0 Å². The maximum atomic E-state index is 14.5. The second kappa shape index (κ2) is 14.6. The Bertz CT molecular complexity index is 1160. The summed E-state index contributed by atoms with van der Waals surface area (Å²) in [7, 11) is 1.33. The van der Waals surface area contributed by atoms with Gasteiger partial charge >= 0.3 is 5.97 Å². The van der Waals surface area contributed by atoms with Crippen LogP contribution in [0.2, 0.25) is 0 Å². The van der Waals surface area contributed by atoms with E-state index in [4.69, 9.17) is 4.74 Å². The van der Waals surface area contributed by atoms with Gasteiger partial charge in [-0.3, -0.25) is 19.3 Å². The van der Waals surface area contributed by atoms with Gasteiger partial charge in [0.15, 0.2) is 0 Å². The zero-order valence-corrected chi connectivity index (χ0v) is 31.0. The Morgan fingerprint density at radius 3 is 1.60 bits per heavy atom. The van der Waals surface area contributed by atoms with E-state index in [-0.39, 0.29) is 66.0 Å². The van der Waals surface area contributed by atoms with Gasteiger partial charge < -0.3 is 20.5 Å². The number of methoxy groups -OCH3 is 1. The molecule has 8 nitrogen and oxygen atoms in total. The van der Waals surface area contributed by atoms with Crippen LogP contribution in [0.25, 0.3) is 0 Å². The molecule has 0 aromatic rings. The van der Waals surface area contributed by atoms with Crippen LogP contribution in [0.15, 0.2) is 24.3 Å². The van der Waals surface area contributed by atoms with E-state index in [1.54, 1.807) is 4.90 Å².